The molecule has 0 saturated heterocycles. The van der Waals surface area contributed by atoms with Crippen LogP contribution >= 0.6 is 11.8 Å². The maximum absolute atomic E-state index is 12.6. The summed E-state index contributed by atoms with van der Waals surface area (Å²) >= 11 is 1.50. The molecule has 2 N–H and O–H groups in total. The van der Waals surface area contributed by atoms with E-state index in [1.807, 2.05) is 13.0 Å². The molecule has 1 fully saturated rings. The molecule has 4 rings (SSSR count). The number of aryl methyl sites for hydroxylation is 1. The van der Waals surface area contributed by atoms with Crippen LogP contribution in [0, 0.1) is 6.92 Å². The number of aromatic nitrogens is 5. The van der Waals surface area contributed by atoms with E-state index in [1.54, 1.807) is 0 Å². The second-order valence-electron chi connectivity index (χ2n) is 5.71. The number of rotatable bonds is 6. The van der Waals surface area contributed by atoms with E-state index >= 15 is 0 Å². The second-order valence-corrected chi connectivity index (χ2v) is 6.80. The SMILES string of the molecule is Cc1noc2nc(C3CC3)cc(C(=O)NCCSc3ncn[nH]3)c12. The highest BCUT2D eigenvalue weighted by molar-refractivity contribution is 7.99. The van der Waals surface area contributed by atoms with Gasteiger partial charge < -0.3 is 9.84 Å². The van der Waals surface area contributed by atoms with Crippen molar-refractivity contribution in [3.8, 4) is 0 Å². The number of H-pyrrole nitrogens is 1. The quantitative estimate of drug-likeness (QED) is 0.520. The number of thioether (sulfide) groups is 1. The molecular formula is C15H16N6O2S. The molecule has 9 heteroatoms. The number of nitrogens with one attached hydrogen (secondary N) is 2. The van der Waals surface area contributed by atoms with E-state index in [2.05, 4.69) is 30.6 Å². The molecule has 0 spiro atoms. The number of nitrogens with zero attached hydrogens (tertiary/aromatic N) is 4. The summed E-state index contributed by atoms with van der Waals surface area (Å²) in [7, 11) is 0. The van der Waals surface area contributed by atoms with Crippen LogP contribution in [0.15, 0.2) is 22.1 Å². The van der Waals surface area contributed by atoms with Crippen LogP contribution in [-0.2, 0) is 0 Å². The van der Waals surface area contributed by atoms with Crippen LogP contribution in [-0.4, -0.2) is 43.5 Å². The van der Waals surface area contributed by atoms with Gasteiger partial charge in [-0.25, -0.2) is 9.97 Å². The van der Waals surface area contributed by atoms with Gasteiger partial charge in [-0.1, -0.05) is 16.9 Å². The van der Waals surface area contributed by atoms with Crippen molar-refractivity contribution in [3.05, 3.63) is 29.3 Å². The van der Waals surface area contributed by atoms with Gasteiger partial charge in [0, 0.05) is 23.9 Å². The largest absolute Gasteiger partial charge is 0.351 e. The Bertz CT molecular complexity index is 872. The fourth-order valence-electron chi connectivity index (χ4n) is 2.55. The van der Waals surface area contributed by atoms with Crippen molar-refractivity contribution in [1.29, 1.82) is 0 Å². The Hall–Kier alpha value is -2.42. The summed E-state index contributed by atoms with van der Waals surface area (Å²) in [6.07, 6.45) is 3.68. The molecule has 0 radical (unpaired) electrons. The first-order chi connectivity index (χ1) is 11.7. The average Bonchev–Trinajstić information content (AvgIpc) is 3.19. The number of fused-ring (bicyclic) bond motifs is 1. The molecule has 3 aromatic rings. The van der Waals surface area contributed by atoms with E-state index in [-0.39, 0.29) is 5.91 Å². The van der Waals surface area contributed by atoms with Crippen molar-refractivity contribution in [1.82, 2.24) is 30.6 Å². The van der Waals surface area contributed by atoms with Crippen LogP contribution in [0.1, 0.15) is 40.5 Å². The molecule has 1 saturated carbocycles. The minimum Gasteiger partial charge on any atom is -0.351 e. The molecule has 1 aliphatic carbocycles. The lowest BCUT2D eigenvalue weighted by molar-refractivity contribution is 0.0957. The number of hydrogen-bond acceptors (Lipinski definition) is 7. The second kappa shape index (κ2) is 6.23. The topological polar surface area (TPSA) is 110 Å². The van der Waals surface area contributed by atoms with E-state index in [4.69, 9.17) is 4.52 Å². The molecule has 0 bridgehead atoms. The number of hydrogen-bond donors (Lipinski definition) is 2. The summed E-state index contributed by atoms with van der Waals surface area (Å²) in [5.74, 6) is 1.01. The van der Waals surface area contributed by atoms with Crippen molar-refractivity contribution in [2.24, 2.45) is 0 Å². The molecule has 0 unspecified atom stereocenters. The first kappa shape index (κ1) is 15.1. The third-order valence-electron chi connectivity index (χ3n) is 3.90. The summed E-state index contributed by atoms with van der Waals surface area (Å²) in [4.78, 5) is 21.1. The van der Waals surface area contributed by atoms with Gasteiger partial charge in [-0.05, 0) is 25.8 Å². The summed E-state index contributed by atoms with van der Waals surface area (Å²) < 4.78 is 5.27. The molecule has 0 atom stereocenters. The lowest BCUT2D eigenvalue weighted by atomic mass is 10.1. The van der Waals surface area contributed by atoms with Gasteiger partial charge in [0.1, 0.15) is 6.33 Å². The Morgan fingerprint density at radius 2 is 2.38 bits per heavy atom. The maximum atomic E-state index is 12.6. The van der Waals surface area contributed by atoms with Crippen molar-refractivity contribution in [3.63, 3.8) is 0 Å². The van der Waals surface area contributed by atoms with E-state index in [1.165, 1.54) is 18.1 Å². The summed E-state index contributed by atoms with van der Waals surface area (Å²) in [6, 6.07) is 1.88. The highest BCUT2D eigenvalue weighted by Crippen LogP contribution is 2.40. The lowest BCUT2D eigenvalue weighted by Gasteiger charge is -2.07. The summed E-state index contributed by atoms with van der Waals surface area (Å²) in [6.45, 7) is 2.35. The fraction of sp³-hybridized carbons (Fsp3) is 0.400. The van der Waals surface area contributed by atoms with Gasteiger partial charge in [0.15, 0.2) is 5.16 Å². The number of carbonyl (C=O) groups is 1. The Kier molecular flexibility index (Phi) is 3.93. The zero-order valence-electron chi connectivity index (χ0n) is 13.1. The van der Waals surface area contributed by atoms with E-state index in [9.17, 15) is 4.79 Å². The van der Waals surface area contributed by atoms with Gasteiger partial charge in [-0.15, -0.1) is 0 Å². The van der Waals surface area contributed by atoms with Crippen LogP contribution < -0.4 is 5.32 Å². The zero-order valence-corrected chi connectivity index (χ0v) is 13.9. The molecular weight excluding hydrogens is 328 g/mol. The van der Waals surface area contributed by atoms with E-state index < -0.39 is 0 Å². The van der Waals surface area contributed by atoms with Gasteiger partial charge in [0.05, 0.1) is 16.6 Å². The smallest absolute Gasteiger partial charge is 0.259 e. The summed E-state index contributed by atoms with van der Waals surface area (Å²) in [5.41, 5.74) is 2.63. The van der Waals surface area contributed by atoms with Crippen molar-refractivity contribution >= 4 is 28.8 Å². The van der Waals surface area contributed by atoms with Gasteiger partial charge in [0.25, 0.3) is 11.6 Å². The monoisotopic (exact) mass is 344 g/mol. The third kappa shape index (κ3) is 2.99. The van der Waals surface area contributed by atoms with Gasteiger partial charge >= 0.3 is 0 Å². The highest BCUT2D eigenvalue weighted by atomic mass is 32.2. The van der Waals surface area contributed by atoms with E-state index in [0.717, 1.165) is 23.7 Å². The molecule has 0 aliphatic heterocycles. The predicted molar refractivity (Wildman–Crippen MR) is 88.0 cm³/mol. The van der Waals surface area contributed by atoms with E-state index in [0.29, 0.717) is 40.6 Å². The molecule has 3 aromatic heterocycles. The highest BCUT2D eigenvalue weighted by Gasteiger charge is 2.28. The minimum absolute atomic E-state index is 0.131. The van der Waals surface area contributed by atoms with Crippen LogP contribution in [0.5, 0.6) is 0 Å². The number of amides is 1. The molecule has 1 aliphatic rings. The Labute approximate surface area is 141 Å². The zero-order chi connectivity index (χ0) is 16.5. The van der Waals surface area contributed by atoms with Gasteiger partial charge in [0.2, 0.25) is 0 Å². The van der Waals surface area contributed by atoms with Crippen LogP contribution in [0.2, 0.25) is 0 Å². The number of aromatic amines is 1. The molecule has 24 heavy (non-hydrogen) atoms. The predicted octanol–water partition coefficient (Wildman–Crippen LogP) is 2.05. The van der Waals surface area contributed by atoms with Crippen LogP contribution in [0.3, 0.4) is 0 Å². The lowest BCUT2D eigenvalue weighted by Crippen LogP contribution is -2.26. The molecule has 124 valence electrons. The van der Waals surface area contributed by atoms with Crippen molar-refractivity contribution in [2.45, 2.75) is 30.8 Å². The normalized spacial score (nSPS) is 14.2. The average molecular weight is 344 g/mol. The van der Waals surface area contributed by atoms with Crippen LogP contribution in [0.25, 0.3) is 11.1 Å². The number of carbonyl (C=O) groups excluding carboxylic acids is 1. The third-order valence-corrected chi connectivity index (χ3v) is 4.77. The minimum atomic E-state index is -0.131. The molecule has 8 nitrogen and oxygen atoms in total. The Morgan fingerprint density at radius 3 is 3.12 bits per heavy atom. The summed E-state index contributed by atoms with van der Waals surface area (Å²) in [5, 5.41) is 14.9. The van der Waals surface area contributed by atoms with Crippen LogP contribution in [0.4, 0.5) is 0 Å². The molecule has 1 amide bonds. The molecule has 3 heterocycles. The number of pyridine rings is 1. The molecule has 0 aromatic carbocycles. The van der Waals surface area contributed by atoms with Crippen molar-refractivity contribution < 1.29 is 9.32 Å². The maximum Gasteiger partial charge on any atom is 0.259 e. The first-order valence-electron chi connectivity index (χ1n) is 7.75. The van der Waals surface area contributed by atoms with Gasteiger partial charge in [-0.3, -0.25) is 9.89 Å². The first-order valence-corrected chi connectivity index (χ1v) is 8.74. The Balaban J connectivity index is 1.49. The Morgan fingerprint density at radius 1 is 1.50 bits per heavy atom. The standard InChI is InChI=1S/C15H16N6O2S/c1-8-12-10(6-11(9-2-3-9)19-14(12)23-21-8)13(22)16-4-5-24-15-17-7-18-20-15/h6-7,9H,2-5H2,1H3,(H,16,22)(H,17,18,20). The fourth-order valence-corrected chi connectivity index (χ4v) is 3.19. The van der Waals surface area contributed by atoms with Gasteiger partial charge in [-0.2, -0.15) is 5.10 Å². The van der Waals surface area contributed by atoms with Crippen molar-refractivity contribution in [2.75, 3.05) is 12.3 Å².